The van der Waals surface area contributed by atoms with Crippen LogP contribution in [0.2, 0.25) is 5.02 Å². The standard InChI is InChI=1S/C15H19ClN2O3/c16-13-6-2-1-4-11(13)8-12-5-3-7-18(12)10-14(19)17-9-15(20)21/h1-2,4,6,12H,3,5,7-10H2,(H,17,19)(H,20,21)/t12-/m1/s1. The number of rotatable bonds is 6. The number of nitrogens with zero attached hydrogens (tertiary/aromatic N) is 1. The van der Waals surface area contributed by atoms with Crippen LogP contribution in [0.3, 0.4) is 0 Å². The molecule has 0 aliphatic carbocycles. The summed E-state index contributed by atoms with van der Waals surface area (Å²) in [6, 6.07) is 8.01. The second kappa shape index (κ2) is 7.43. The predicted octanol–water partition coefficient (Wildman–Crippen LogP) is 1.55. The van der Waals surface area contributed by atoms with Crippen LogP contribution in [-0.4, -0.2) is 47.6 Å². The van der Waals surface area contributed by atoms with Crippen LogP contribution in [0.5, 0.6) is 0 Å². The summed E-state index contributed by atoms with van der Waals surface area (Å²) in [5.41, 5.74) is 1.09. The van der Waals surface area contributed by atoms with E-state index in [9.17, 15) is 9.59 Å². The highest BCUT2D eigenvalue weighted by Crippen LogP contribution is 2.24. The third-order valence-corrected chi connectivity index (χ3v) is 4.06. The molecule has 1 fully saturated rings. The quantitative estimate of drug-likeness (QED) is 0.836. The molecule has 114 valence electrons. The van der Waals surface area contributed by atoms with Crippen LogP contribution >= 0.6 is 11.6 Å². The van der Waals surface area contributed by atoms with E-state index in [0.717, 1.165) is 36.4 Å². The molecule has 1 amide bonds. The zero-order valence-corrected chi connectivity index (χ0v) is 12.5. The Balaban J connectivity index is 1.90. The zero-order chi connectivity index (χ0) is 15.2. The lowest BCUT2D eigenvalue weighted by molar-refractivity contribution is -0.138. The summed E-state index contributed by atoms with van der Waals surface area (Å²) in [6.07, 6.45) is 2.88. The van der Waals surface area contributed by atoms with Crippen molar-refractivity contribution in [1.82, 2.24) is 10.2 Å². The van der Waals surface area contributed by atoms with Crippen molar-refractivity contribution in [2.75, 3.05) is 19.6 Å². The number of amides is 1. The lowest BCUT2D eigenvalue weighted by Crippen LogP contribution is -2.42. The molecule has 1 saturated heterocycles. The normalized spacial score (nSPS) is 18.6. The molecule has 1 heterocycles. The van der Waals surface area contributed by atoms with E-state index in [4.69, 9.17) is 16.7 Å². The topological polar surface area (TPSA) is 69.6 Å². The van der Waals surface area contributed by atoms with Crippen molar-refractivity contribution in [2.24, 2.45) is 0 Å². The van der Waals surface area contributed by atoms with Gasteiger partial charge in [-0.3, -0.25) is 14.5 Å². The second-order valence-corrected chi connectivity index (χ2v) is 5.64. The first-order valence-electron chi connectivity index (χ1n) is 7.02. The Morgan fingerprint density at radius 2 is 2.14 bits per heavy atom. The second-order valence-electron chi connectivity index (χ2n) is 5.23. The molecule has 1 aromatic carbocycles. The van der Waals surface area contributed by atoms with Crippen molar-refractivity contribution in [3.8, 4) is 0 Å². The first-order chi connectivity index (χ1) is 10.1. The van der Waals surface area contributed by atoms with Gasteiger partial charge in [-0.25, -0.2) is 0 Å². The fraction of sp³-hybridized carbons (Fsp3) is 0.467. The molecule has 0 aromatic heterocycles. The molecular formula is C15H19ClN2O3. The largest absolute Gasteiger partial charge is 0.480 e. The van der Waals surface area contributed by atoms with Crippen LogP contribution in [0, 0.1) is 0 Å². The molecule has 2 rings (SSSR count). The van der Waals surface area contributed by atoms with Crippen molar-refractivity contribution in [2.45, 2.75) is 25.3 Å². The molecule has 5 nitrogen and oxygen atoms in total. The summed E-state index contributed by atoms with van der Waals surface area (Å²) < 4.78 is 0. The highest BCUT2D eigenvalue weighted by molar-refractivity contribution is 6.31. The highest BCUT2D eigenvalue weighted by atomic mass is 35.5. The molecule has 0 saturated carbocycles. The third-order valence-electron chi connectivity index (χ3n) is 3.70. The fourth-order valence-corrected chi connectivity index (χ4v) is 2.88. The number of likely N-dealkylation sites (tertiary alicyclic amines) is 1. The van der Waals surface area contributed by atoms with E-state index in [1.54, 1.807) is 0 Å². The number of hydrogen-bond donors (Lipinski definition) is 2. The Labute approximate surface area is 128 Å². The number of carbonyl (C=O) groups excluding carboxylic acids is 1. The van der Waals surface area contributed by atoms with Gasteiger partial charge < -0.3 is 10.4 Å². The molecule has 1 aromatic rings. The van der Waals surface area contributed by atoms with Gasteiger partial charge in [0.2, 0.25) is 5.91 Å². The minimum atomic E-state index is -1.03. The Morgan fingerprint density at radius 3 is 2.86 bits per heavy atom. The van der Waals surface area contributed by atoms with Crippen molar-refractivity contribution in [1.29, 1.82) is 0 Å². The van der Waals surface area contributed by atoms with Gasteiger partial charge in [0.25, 0.3) is 0 Å². The van der Waals surface area contributed by atoms with Crippen LogP contribution in [0.25, 0.3) is 0 Å². The zero-order valence-electron chi connectivity index (χ0n) is 11.7. The van der Waals surface area contributed by atoms with Gasteiger partial charge in [-0.1, -0.05) is 29.8 Å². The van der Waals surface area contributed by atoms with Gasteiger partial charge in [0, 0.05) is 11.1 Å². The van der Waals surface area contributed by atoms with Gasteiger partial charge in [-0.15, -0.1) is 0 Å². The molecule has 21 heavy (non-hydrogen) atoms. The van der Waals surface area contributed by atoms with Crippen LogP contribution in [0.4, 0.5) is 0 Å². The summed E-state index contributed by atoms with van der Waals surface area (Å²) >= 11 is 6.18. The molecule has 1 aliphatic heterocycles. The van der Waals surface area contributed by atoms with Gasteiger partial charge in [0.15, 0.2) is 0 Å². The summed E-state index contributed by atoms with van der Waals surface area (Å²) in [6.45, 7) is 0.764. The van der Waals surface area contributed by atoms with E-state index in [1.165, 1.54) is 0 Å². The summed E-state index contributed by atoms with van der Waals surface area (Å²) in [4.78, 5) is 24.3. The molecule has 0 bridgehead atoms. The van der Waals surface area contributed by atoms with Crippen LogP contribution in [-0.2, 0) is 16.0 Å². The minimum Gasteiger partial charge on any atom is -0.480 e. The predicted molar refractivity (Wildman–Crippen MR) is 80.4 cm³/mol. The monoisotopic (exact) mass is 310 g/mol. The van der Waals surface area contributed by atoms with Crippen LogP contribution in [0.1, 0.15) is 18.4 Å². The van der Waals surface area contributed by atoms with Crippen molar-refractivity contribution in [3.63, 3.8) is 0 Å². The number of carboxylic acid groups (broad SMARTS) is 1. The summed E-state index contributed by atoms with van der Waals surface area (Å²) in [5.74, 6) is -1.28. The van der Waals surface area contributed by atoms with Crippen molar-refractivity contribution in [3.05, 3.63) is 34.9 Å². The first-order valence-corrected chi connectivity index (χ1v) is 7.40. The number of carbonyl (C=O) groups is 2. The SMILES string of the molecule is O=C(O)CNC(=O)CN1CCC[C@@H]1Cc1ccccc1Cl. The van der Waals surface area contributed by atoms with Gasteiger partial charge in [-0.05, 0) is 37.4 Å². The van der Waals surface area contributed by atoms with E-state index >= 15 is 0 Å². The minimum absolute atomic E-state index is 0.238. The average Bonchev–Trinajstić information content (AvgIpc) is 2.86. The van der Waals surface area contributed by atoms with Gasteiger partial charge in [0.1, 0.15) is 6.54 Å². The molecule has 0 spiro atoms. The van der Waals surface area contributed by atoms with Gasteiger partial charge >= 0.3 is 5.97 Å². The molecule has 1 atom stereocenters. The van der Waals surface area contributed by atoms with E-state index in [1.807, 2.05) is 24.3 Å². The Morgan fingerprint density at radius 1 is 1.38 bits per heavy atom. The van der Waals surface area contributed by atoms with E-state index in [0.29, 0.717) is 0 Å². The van der Waals surface area contributed by atoms with Crippen molar-refractivity contribution < 1.29 is 14.7 Å². The smallest absolute Gasteiger partial charge is 0.322 e. The molecule has 0 unspecified atom stereocenters. The number of halogens is 1. The van der Waals surface area contributed by atoms with E-state index in [2.05, 4.69) is 10.2 Å². The van der Waals surface area contributed by atoms with E-state index < -0.39 is 5.97 Å². The lowest BCUT2D eigenvalue weighted by atomic mass is 10.0. The fourth-order valence-electron chi connectivity index (χ4n) is 2.67. The number of aliphatic carboxylic acids is 1. The Bertz CT molecular complexity index is 521. The molecule has 0 radical (unpaired) electrons. The average molecular weight is 311 g/mol. The highest BCUT2D eigenvalue weighted by Gasteiger charge is 2.26. The van der Waals surface area contributed by atoms with Gasteiger partial charge in [0.05, 0.1) is 6.54 Å². The van der Waals surface area contributed by atoms with Crippen molar-refractivity contribution >= 4 is 23.5 Å². The van der Waals surface area contributed by atoms with Crippen LogP contribution in [0.15, 0.2) is 24.3 Å². The lowest BCUT2D eigenvalue weighted by Gasteiger charge is -2.24. The van der Waals surface area contributed by atoms with Gasteiger partial charge in [-0.2, -0.15) is 0 Å². The number of carboxylic acids is 1. The Hall–Kier alpha value is -1.59. The first kappa shape index (κ1) is 15.8. The molecule has 1 aliphatic rings. The maximum atomic E-state index is 11.7. The number of benzene rings is 1. The Kier molecular flexibility index (Phi) is 5.59. The number of nitrogens with one attached hydrogen (secondary N) is 1. The maximum absolute atomic E-state index is 11.7. The van der Waals surface area contributed by atoms with E-state index in [-0.39, 0.29) is 25.0 Å². The molecule has 6 heteroatoms. The maximum Gasteiger partial charge on any atom is 0.322 e. The third kappa shape index (κ3) is 4.72. The molecule has 2 N–H and O–H groups in total. The summed E-state index contributed by atoms with van der Waals surface area (Å²) in [5, 5.41) is 11.7. The number of hydrogen-bond acceptors (Lipinski definition) is 3. The van der Waals surface area contributed by atoms with Crippen LogP contribution < -0.4 is 5.32 Å². The molecular weight excluding hydrogens is 292 g/mol. The summed E-state index contributed by atoms with van der Waals surface area (Å²) in [7, 11) is 0.